The Morgan fingerprint density at radius 1 is 0.281 bits per heavy atom. The molecule has 0 unspecified atom stereocenters. The van der Waals surface area contributed by atoms with Gasteiger partial charge in [-0.3, -0.25) is 5.04 Å². The topological polar surface area (TPSA) is 41.5 Å². The smallest absolute Gasteiger partial charge is 0.692 e. The molecular weight excluding hydrogens is 682 g/mol. The molecule has 0 fully saturated rings. The molecule has 0 heterocycles. The Hall–Kier alpha value is 25.9. The summed E-state index contributed by atoms with van der Waals surface area (Å²) in [6.45, 7) is 0. The zero-order valence-corrected chi connectivity index (χ0v) is 80.2. The van der Waals surface area contributed by atoms with Crippen LogP contribution in [0.15, 0.2) is 0 Å². The van der Waals surface area contributed by atoms with Crippen molar-refractivity contribution < 1.29 is 784 Å². The predicted molar refractivity (Wildman–Crippen MR) is 21.6 cm³/mol. The second-order valence-electron chi connectivity index (χ2n) is 0.235. The van der Waals surface area contributed by atoms with E-state index < -0.39 is 0 Å². The van der Waals surface area contributed by atoms with Crippen molar-refractivity contribution >= 4 is 0 Å². The van der Waals surface area contributed by atoms with E-state index in [1.807, 2.05) is 0 Å². The molecule has 0 spiro atoms. The maximum atomic E-state index is 8.58. The Kier molecular flexibility index (Phi) is 1600. The van der Waals surface area contributed by atoms with Crippen molar-refractivity contribution in [1.82, 2.24) is 0 Å². The third kappa shape index (κ3) is 233. The predicted octanol–water partition coefficient (Wildman–Crippen LogP) is -77.8. The average molecular weight is 693 g/mol. The van der Waals surface area contributed by atoms with Crippen LogP contribution in [-0.4, -0.2) is 7.11 Å². The quantitative estimate of drug-likeness (QED) is 0.156. The molecule has 29 heteroatoms. The summed E-state index contributed by atoms with van der Waals surface area (Å²) in [6.07, 6.45) is 0. The zero-order valence-electron chi connectivity index (χ0n) is 28.2. The van der Waals surface area contributed by atoms with Crippen molar-refractivity contribution in [3.8, 4) is 0 Å². The fraction of sp³-hybridized carbons (Fsp3) is 1.00. The molecule has 3 nitrogen and oxygen atoms in total. The summed E-state index contributed by atoms with van der Waals surface area (Å²) in [7, 11) is 1.15. The molecule has 42 valence electrons. The second-order valence-corrected chi connectivity index (χ2v) is 0.235. The van der Waals surface area contributed by atoms with Crippen LogP contribution in [0.3, 0.4) is 0 Å². The molecule has 0 aromatic carbocycles. The minimum atomic E-state index is 0. The molecule has 0 aliphatic rings. The molecule has 0 saturated heterocycles. The molecule has 32 heavy (non-hydrogen) atoms. The van der Waals surface area contributed by atoms with Crippen LogP contribution >= 0.6 is 0 Å². The number of hydrogen-bond donors (Lipinski definition) is 0. The Morgan fingerprint density at radius 3 is 0.312 bits per heavy atom. The summed E-state index contributed by atoms with van der Waals surface area (Å²) in [5, 5.41) is 11.4. The van der Waals surface area contributed by atoms with E-state index >= 15 is 0 Å². The van der Waals surface area contributed by atoms with E-state index in [4.69, 9.17) is 5.26 Å². The average Bonchev–Trinajstić information content (AvgIpc) is 1.37. The van der Waals surface area contributed by atoms with Crippen molar-refractivity contribution in [3.05, 3.63) is 0 Å². The molecule has 0 aliphatic carbocycles. The first kappa shape index (κ1) is 225. The third-order valence-corrected chi connectivity index (χ3v) is 0.0680. The van der Waals surface area contributed by atoms with Gasteiger partial charge in [-0.15, -0.1) is 0 Å². The van der Waals surface area contributed by atoms with Gasteiger partial charge < -0.3 is 5.26 Å². The zero-order chi connectivity index (χ0) is 3.41. The van der Waals surface area contributed by atoms with Crippen LogP contribution in [0, 0.1) is 0 Å². The first-order valence-electron chi connectivity index (χ1n) is 0.742. The van der Waals surface area contributed by atoms with Crippen LogP contribution in [0.5, 0.6) is 0 Å². The van der Waals surface area contributed by atoms with Gasteiger partial charge in [-0.2, -0.15) is 0 Å². The van der Waals surface area contributed by atoms with Crippen molar-refractivity contribution in [2.75, 3.05) is 7.11 Å². The molecule has 0 aliphatic heterocycles. The summed E-state index contributed by atoms with van der Waals surface area (Å²) in [5.41, 5.74) is 0. The molecule has 0 saturated carbocycles. The first-order valence-corrected chi connectivity index (χ1v) is 0.742. The van der Waals surface area contributed by atoms with Gasteiger partial charge in [0.2, 0.25) is 0 Å². The maximum Gasteiger partial charge on any atom is 1.00 e. The summed E-state index contributed by atoms with van der Waals surface area (Å²) in [5.74, 6) is 0. The fourth-order valence-corrected chi connectivity index (χ4v) is 0. The van der Waals surface area contributed by atoms with E-state index in [-0.39, 0.29) is 783 Å². The first-order chi connectivity index (χ1) is 1.91. The molecule has 0 bridgehead atoms. The Balaban J connectivity index is -0.000000000119. The third-order valence-electron chi connectivity index (χ3n) is 0.0680. The molecule has 0 rings (SSSR count). The molecule has 0 radical (unpaired) electrons. The molecule has 0 N–H and O–H groups in total. The Bertz CT molecular complexity index is 30.3. The van der Waals surface area contributed by atoms with E-state index in [0.29, 0.717) is 0 Å². The van der Waals surface area contributed by atoms with Crippen molar-refractivity contribution in [1.29, 1.82) is 0 Å². The minimum absolute atomic E-state index is 0. The minimum Gasteiger partial charge on any atom is -0.692 e. The Labute approximate surface area is 777 Å². The van der Waals surface area contributed by atoms with Crippen LogP contribution in [-0.2, 0) is 9.93 Å². The fourth-order valence-electron chi connectivity index (χ4n) is 0. The van der Waals surface area contributed by atoms with Gasteiger partial charge in [0.1, 0.15) is 0 Å². The van der Waals surface area contributed by atoms with Crippen LogP contribution in [0.1, 0.15) is 14.9 Å². The van der Waals surface area contributed by atoms with Crippen molar-refractivity contribution in [3.63, 3.8) is 0 Å². The van der Waals surface area contributed by atoms with Crippen molar-refractivity contribution in [2.24, 2.45) is 0 Å². The normalized spacial score (nSPS) is 0.938. The van der Waals surface area contributed by atoms with E-state index in [2.05, 4.69) is 9.93 Å². The molecule has 0 atom stereocenters. The molecule has 0 aromatic heterocycles. The molecule has 0 amide bonds. The van der Waals surface area contributed by atoms with Gasteiger partial charge in [-0.25, -0.2) is 4.89 Å². The van der Waals surface area contributed by atoms with E-state index in [9.17, 15) is 0 Å². The van der Waals surface area contributed by atoms with Crippen LogP contribution in [0.25, 0.3) is 0 Å². The van der Waals surface area contributed by atoms with Gasteiger partial charge in [0.05, 0.1) is 7.11 Å². The van der Waals surface area contributed by atoms with Gasteiger partial charge in [0.15, 0.2) is 0 Å². The largest absolute Gasteiger partial charge is 1.00 e. The standard InChI is InChI=1S/CH4O3.2CH4.26Na/c1-3-4-2;;;;;;;;;;;;;;;;;;;;;;;;;;;;/h2H,1H3;2*1H4;;;;;;;;;;;;;;;;;;;;;;;;;;/q;;;26*+1/p-1. The Morgan fingerprint density at radius 2 is 0.312 bits per heavy atom. The number of rotatable bonds is 1. The van der Waals surface area contributed by atoms with Gasteiger partial charge in [-0.1, -0.05) is 14.9 Å². The molecular formula is C3H11Na26O3+25. The van der Waals surface area contributed by atoms with E-state index in [0.717, 1.165) is 7.11 Å². The molecule has 0 aromatic rings. The number of hydrogen-bond acceptors (Lipinski definition) is 3. The van der Waals surface area contributed by atoms with E-state index in [1.165, 1.54) is 0 Å². The summed E-state index contributed by atoms with van der Waals surface area (Å²) < 4.78 is 0. The summed E-state index contributed by atoms with van der Waals surface area (Å²) in [6, 6.07) is 0. The van der Waals surface area contributed by atoms with Gasteiger partial charge in [0, 0.05) is 0 Å². The van der Waals surface area contributed by atoms with Gasteiger partial charge >= 0.3 is 768 Å². The van der Waals surface area contributed by atoms with Crippen LogP contribution in [0.4, 0.5) is 0 Å². The van der Waals surface area contributed by atoms with Gasteiger partial charge in [0.25, 0.3) is 0 Å². The summed E-state index contributed by atoms with van der Waals surface area (Å²) >= 11 is 0. The van der Waals surface area contributed by atoms with Crippen LogP contribution in [0.2, 0.25) is 0 Å². The monoisotopic (exact) mass is 693 g/mol. The SMILES string of the molecule is C.C.COO[O-].[Na+].[Na+].[Na+].[Na+].[Na+].[Na+].[Na+].[Na+].[Na+].[Na+].[Na+].[Na+].[Na+].[Na+].[Na+].[Na+].[Na+].[Na+].[Na+].[Na+].[Na+].[Na+].[Na+].[Na+].[Na+].[Na+]. The second kappa shape index (κ2) is 229. The van der Waals surface area contributed by atoms with Crippen LogP contribution < -0.4 is 774 Å². The van der Waals surface area contributed by atoms with Gasteiger partial charge in [-0.05, 0) is 0 Å². The van der Waals surface area contributed by atoms with E-state index in [1.54, 1.807) is 0 Å². The summed E-state index contributed by atoms with van der Waals surface area (Å²) in [4.78, 5) is 3.49. The van der Waals surface area contributed by atoms with Crippen molar-refractivity contribution in [2.45, 2.75) is 14.9 Å². The maximum absolute atomic E-state index is 8.58.